The molecule has 0 aromatic rings. The molecule has 0 unspecified atom stereocenters. The maximum atomic E-state index is 10.6. The van der Waals surface area contributed by atoms with Crippen LogP contribution in [-0.4, -0.2) is 28.3 Å². The Morgan fingerprint density at radius 1 is 1.12 bits per heavy atom. The largest absolute Gasteiger partial charge is 0.490 e. The Kier molecular flexibility index (Phi) is 12.2. The molecule has 0 aromatic heterocycles. The molecule has 0 amide bonds. The number of alkyl halides is 3. The van der Waals surface area contributed by atoms with Crippen molar-refractivity contribution in [3.05, 3.63) is 0 Å². The molecule has 0 saturated heterocycles. The Morgan fingerprint density at radius 2 is 1.38 bits per heavy atom. The molecule has 0 atom stereocenters. The van der Waals surface area contributed by atoms with E-state index in [1.807, 2.05) is 13.8 Å². The summed E-state index contributed by atoms with van der Waals surface area (Å²) in [5.74, 6) is -3.56. The van der Waals surface area contributed by atoms with Gasteiger partial charge in [0.1, 0.15) is 0 Å². The maximum absolute atomic E-state index is 10.6. The van der Waals surface area contributed by atoms with E-state index in [9.17, 15) is 18.0 Å². The van der Waals surface area contributed by atoms with Gasteiger partial charge in [0.2, 0.25) is 0 Å². The van der Waals surface area contributed by atoms with Crippen molar-refractivity contribution in [2.24, 2.45) is 5.92 Å². The number of halogens is 3. The Balaban J connectivity index is -0.000000200. The van der Waals surface area contributed by atoms with Gasteiger partial charge in [0.15, 0.2) is 0 Å². The van der Waals surface area contributed by atoms with E-state index in [2.05, 4.69) is 0 Å². The van der Waals surface area contributed by atoms with Crippen LogP contribution in [0.4, 0.5) is 13.2 Å². The van der Waals surface area contributed by atoms with Crippen LogP contribution in [0.25, 0.3) is 0 Å². The first-order valence-electron chi connectivity index (χ1n) is 4.19. The summed E-state index contributed by atoms with van der Waals surface area (Å²) in [5, 5.41) is 15.5. The molecule has 0 rings (SSSR count). The average Bonchev–Trinajstić information content (AvgIpc) is 2.04. The first-order valence-corrected chi connectivity index (χ1v) is 4.19. The smallest absolute Gasteiger partial charge is 0.481 e. The molecule has 0 aromatic carbocycles. The third-order valence-corrected chi connectivity index (χ3v) is 1.58. The van der Waals surface area contributed by atoms with Gasteiger partial charge >= 0.3 is 18.1 Å². The molecule has 0 aliphatic carbocycles. The standard InChI is InChI=1S/C6H12O2.C2HF3O2.Ni/c1-3-5(4-2)6(7)8;3-2(4,5)1(6)7;/h5H,3-4H2,1-2H3,(H,7,8);(H,6,7);. The molecule has 8 heteroatoms. The molecule has 0 aliphatic heterocycles. The monoisotopic (exact) mass is 288 g/mol. The molecule has 4 nitrogen and oxygen atoms in total. The van der Waals surface area contributed by atoms with Crippen LogP contribution in [0.5, 0.6) is 0 Å². The van der Waals surface area contributed by atoms with Gasteiger partial charge < -0.3 is 10.2 Å². The fourth-order valence-electron chi connectivity index (χ4n) is 0.638. The second-order valence-corrected chi connectivity index (χ2v) is 2.65. The molecule has 0 aliphatic rings. The second-order valence-electron chi connectivity index (χ2n) is 2.65. The van der Waals surface area contributed by atoms with E-state index in [-0.39, 0.29) is 22.4 Å². The predicted molar refractivity (Wildman–Crippen MR) is 45.4 cm³/mol. The molecule has 0 bridgehead atoms. The van der Waals surface area contributed by atoms with Crippen LogP contribution < -0.4 is 0 Å². The molecule has 2 N–H and O–H groups in total. The van der Waals surface area contributed by atoms with E-state index in [0.717, 1.165) is 12.8 Å². The van der Waals surface area contributed by atoms with Crippen molar-refractivity contribution in [1.29, 1.82) is 0 Å². The quantitative estimate of drug-likeness (QED) is 0.780. The maximum Gasteiger partial charge on any atom is 0.490 e. The van der Waals surface area contributed by atoms with Gasteiger partial charge in [0.05, 0.1) is 5.92 Å². The average molecular weight is 289 g/mol. The van der Waals surface area contributed by atoms with E-state index in [1.54, 1.807) is 0 Å². The number of hydrogen-bond acceptors (Lipinski definition) is 2. The Hall–Kier alpha value is -0.776. The number of carboxylic acids is 2. The zero-order valence-electron chi connectivity index (χ0n) is 8.65. The summed E-state index contributed by atoms with van der Waals surface area (Å²) < 4.78 is 31.7. The van der Waals surface area contributed by atoms with E-state index >= 15 is 0 Å². The first-order chi connectivity index (χ1) is 6.66. The minimum absolute atomic E-state index is 0. The van der Waals surface area contributed by atoms with Crippen LogP contribution >= 0.6 is 0 Å². The molecule has 0 fully saturated rings. The van der Waals surface area contributed by atoms with Gasteiger partial charge in [-0.15, -0.1) is 0 Å². The third kappa shape index (κ3) is 11.3. The normalized spacial score (nSPS) is 9.88. The zero-order chi connectivity index (χ0) is 12.6. The summed E-state index contributed by atoms with van der Waals surface area (Å²) in [4.78, 5) is 19.1. The molecular weight excluding hydrogens is 276 g/mol. The van der Waals surface area contributed by atoms with Gasteiger partial charge in [-0.25, -0.2) is 4.79 Å². The van der Waals surface area contributed by atoms with Crippen LogP contribution in [0.15, 0.2) is 0 Å². The van der Waals surface area contributed by atoms with E-state index in [0.29, 0.717) is 0 Å². The van der Waals surface area contributed by atoms with E-state index in [1.165, 1.54) is 0 Å². The van der Waals surface area contributed by atoms with Gasteiger partial charge in [-0.1, -0.05) is 13.8 Å². The van der Waals surface area contributed by atoms with Crippen LogP contribution in [0.1, 0.15) is 26.7 Å². The van der Waals surface area contributed by atoms with Crippen molar-refractivity contribution in [1.82, 2.24) is 0 Å². The first kappa shape index (κ1) is 20.6. The number of hydrogen-bond donors (Lipinski definition) is 2. The molecular formula is C8H13F3NiO4. The molecule has 0 saturated carbocycles. The number of rotatable bonds is 3. The summed E-state index contributed by atoms with van der Waals surface area (Å²) in [6.07, 6.45) is -3.60. The van der Waals surface area contributed by atoms with Gasteiger partial charge in [0.25, 0.3) is 0 Å². The summed E-state index contributed by atoms with van der Waals surface area (Å²) in [6.45, 7) is 3.78. The third-order valence-electron chi connectivity index (χ3n) is 1.58. The molecule has 100 valence electrons. The molecule has 0 radical (unpaired) electrons. The van der Waals surface area contributed by atoms with Crippen molar-refractivity contribution in [3.8, 4) is 0 Å². The molecule has 0 heterocycles. The minimum atomic E-state index is -5.08. The summed E-state index contributed by atoms with van der Waals surface area (Å²) >= 11 is 0. The Bertz CT molecular complexity index is 214. The molecule has 0 spiro atoms. The van der Waals surface area contributed by atoms with Gasteiger partial charge in [-0.05, 0) is 12.8 Å². The van der Waals surface area contributed by atoms with E-state index in [4.69, 9.17) is 15.0 Å². The van der Waals surface area contributed by atoms with Crippen molar-refractivity contribution in [2.45, 2.75) is 32.9 Å². The van der Waals surface area contributed by atoms with Gasteiger partial charge in [-0.3, -0.25) is 4.79 Å². The van der Waals surface area contributed by atoms with Crippen molar-refractivity contribution >= 4 is 11.9 Å². The predicted octanol–water partition coefficient (Wildman–Crippen LogP) is 2.14. The van der Waals surface area contributed by atoms with Crippen molar-refractivity contribution in [3.63, 3.8) is 0 Å². The summed E-state index contributed by atoms with van der Waals surface area (Å²) in [7, 11) is 0. The number of carbonyl (C=O) groups is 2. The number of aliphatic carboxylic acids is 2. The van der Waals surface area contributed by atoms with Crippen LogP contribution in [-0.2, 0) is 26.1 Å². The Morgan fingerprint density at radius 3 is 1.38 bits per heavy atom. The topological polar surface area (TPSA) is 74.6 Å². The minimum Gasteiger partial charge on any atom is -0.481 e. The summed E-state index contributed by atoms with van der Waals surface area (Å²) in [6, 6.07) is 0. The van der Waals surface area contributed by atoms with Crippen molar-refractivity contribution in [2.75, 3.05) is 0 Å². The molecule has 16 heavy (non-hydrogen) atoms. The zero-order valence-corrected chi connectivity index (χ0v) is 9.64. The fourth-order valence-corrected chi connectivity index (χ4v) is 0.638. The van der Waals surface area contributed by atoms with Gasteiger partial charge in [0, 0.05) is 16.5 Å². The van der Waals surface area contributed by atoms with Crippen LogP contribution in [0, 0.1) is 5.92 Å². The van der Waals surface area contributed by atoms with Crippen molar-refractivity contribution < 1.29 is 49.5 Å². The number of carboxylic acid groups (broad SMARTS) is 2. The second kappa shape index (κ2) is 9.45. The van der Waals surface area contributed by atoms with Gasteiger partial charge in [-0.2, -0.15) is 13.2 Å². The van der Waals surface area contributed by atoms with Crippen LogP contribution in [0.3, 0.4) is 0 Å². The van der Waals surface area contributed by atoms with E-state index < -0.39 is 18.1 Å². The SMILES string of the molecule is CCC(CC)C(=O)O.O=C(O)C(F)(F)F.[Ni]. The Labute approximate surface area is 101 Å². The fraction of sp³-hybridized carbons (Fsp3) is 0.750. The van der Waals surface area contributed by atoms with Crippen LogP contribution in [0.2, 0.25) is 0 Å². The summed E-state index contributed by atoms with van der Waals surface area (Å²) in [5.41, 5.74) is 0.